The van der Waals surface area contributed by atoms with E-state index in [0.717, 1.165) is 33.4 Å². The van der Waals surface area contributed by atoms with Gasteiger partial charge in [-0.15, -0.1) is 0 Å². The molecule has 6 aromatic carbocycles. The van der Waals surface area contributed by atoms with Gasteiger partial charge >= 0.3 is 0 Å². The molecule has 2 fully saturated rings. The highest BCUT2D eigenvalue weighted by Gasteiger charge is 2.52. The molecule has 2 heterocycles. The Hall–Kier alpha value is -5.12. The third kappa shape index (κ3) is 13.3. The van der Waals surface area contributed by atoms with Gasteiger partial charge in [-0.05, 0) is 33.4 Å². The number of aliphatic hydroxyl groups is 1. The minimum Gasteiger partial charge on any atom is -0.387 e. The third-order valence-corrected chi connectivity index (χ3v) is 11.4. The van der Waals surface area contributed by atoms with Crippen molar-refractivity contribution in [1.29, 1.82) is 0 Å². The molecule has 10 atom stereocenters. The first kappa shape index (κ1) is 46.4. The zero-order chi connectivity index (χ0) is 44.5. The van der Waals surface area contributed by atoms with Crippen LogP contribution < -0.4 is 0 Å². The number of aliphatic hydroxyl groups excluding tert-OH is 1. The average Bonchev–Trinajstić information content (AvgIpc) is 3.37. The molecule has 6 aromatic rings. The largest absolute Gasteiger partial charge is 0.387 e. The highest BCUT2D eigenvalue weighted by Crippen LogP contribution is 2.34. The number of hydrogen-bond donors (Lipinski definition) is 1. The molecule has 2 saturated heterocycles. The van der Waals surface area contributed by atoms with Gasteiger partial charge in [0.05, 0.1) is 46.2 Å². The highest BCUT2D eigenvalue weighted by molar-refractivity contribution is 5.18. The Bertz CT molecular complexity index is 2210. The Kier molecular flexibility index (Phi) is 17.4. The molecule has 65 heavy (non-hydrogen) atoms. The molecule has 8 rings (SSSR count). The molecule has 0 aromatic heterocycles. The molecule has 340 valence electrons. The quantitative estimate of drug-likeness (QED) is 0.0708. The van der Waals surface area contributed by atoms with Crippen molar-refractivity contribution in [2.45, 2.75) is 101 Å². The first-order chi connectivity index (χ1) is 32.1. The van der Waals surface area contributed by atoms with Gasteiger partial charge in [0.15, 0.2) is 18.9 Å². The molecule has 2 aliphatic heterocycles. The molecule has 0 saturated carbocycles. The molecule has 0 amide bonds. The summed E-state index contributed by atoms with van der Waals surface area (Å²) in [5.74, 6) is 0. The van der Waals surface area contributed by atoms with Crippen molar-refractivity contribution in [1.82, 2.24) is 0 Å². The second-order valence-corrected chi connectivity index (χ2v) is 16.1. The van der Waals surface area contributed by atoms with E-state index < -0.39 is 61.6 Å². The summed E-state index contributed by atoms with van der Waals surface area (Å²) in [5.41, 5.74) is 5.75. The summed E-state index contributed by atoms with van der Waals surface area (Å²) < 4.78 is 65.9. The van der Waals surface area contributed by atoms with Crippen molar-refractivity contribution in [3.8, 4) is 0 Å². The first-order valence-corrected chi connectivity index (χ1v) is 22.2. The SMILES string of the molecule is CO[C@H]1O[C@H](CO[C@@H]2O[C@H](OCc3ccccc3)[C@H](OCc3ccccc3)[C@H](OCc3ccccc3)[C@H]2OCc2ccccc2)[C@H](O)[C@H](OCc2ccccc2)[C@H]1OCc1ccccc1. The Morgan fingerprint density at radius 3 is 0.985 bits per heavy atom. The Morgan fingerprint density at radius 1 is 0.338 bits per heavy atom. The fraction of sp³-hybridized carbons (Fsp3) is 0.333. The zero-order valence-corrected chi connectivity index (χ0v) is 36.6. The topological polar surface area (TPSA) is 113 Å². The lowest BCUT2D eigenvalue weighted by molar-refractivity contribution is -0.379. The van der Waals surface area contributed by atoms with Gasteiger partial charge in [-0.25, -0.2) is 0 Å². The normalized spacial score (nSPS) is 25.6. The number of rotatable bonds is 22. The average molecular weight is 883 g/mol. The minimum atomic E-state index is -1.20. The minimum absolute atomic E-state index is 0.139. The zero-order valence-electron chi connectivity index (χ0n) is 36.6. The van der Waals surface area contributed by atoms with E-state index in [-0.39, 0.29) is 46.2 Å². The monoisotopic (exact) mass is 882 g/mol. The van der Waals surface area contributed by atoms with E-state index in [0.29, 0.717) is 0 Å². The molecular weight excluding hydrogens is 825 g/mol. The second kappa shape index (κ2) is 24.4. The molecule has 11 heteroatoms. The summed E-state index contributed by atoms with van der Waals surface area (Å²) in [6, 6.07) is 59.2. The molecule has 2 aliphatic rings. The Balaban J connectivity index is 1.08. The number of benzene rings is 6. The second-order valence-electron chi connectivity index (χ2n) is 16.1. The van der Waals surface area contributed by atoms with Crippen LogP contribution in [-0.2, 0) is 87.0 Å². The third-order valence-electron chi connectivity index (χ3n) is 11.4. The van der Waals surface area contributed by atoms with Crippen LogP contribution in [0.15, 0.2) is 182 Å². The molecule has 0 radical (unpaired) electrons. The Morgan fingerprint density at radius 2 is 0.631 bits per heavy atom. The maximum absolute atomic E-state index is 12.2. The van der Waals surface area contributed by atoms with Gasteiger partial charge in [0, 0.05) is 7.11 Å². The van der Waals surface area contributed by atoms with E-state index in [9.17, 15) is 5.11 Å². The van der Waals surface area contributed by atoms with Crippen LogP contribution in [-0.4, -0.2) is 80.4 Å². The van der Waals surface area contributed by atoms with E-state index in [2.05, 4.69) is 0 Å². The van der Waals surface area contributed by atoms with Gasteiger partial charge in [0.1, 0.15) is 42.7 Å². The summed E-state index contributed by atoms with van der Waals surface area (Å²) >= 11 is 0. The summed E-state index contributed by atoms with van der Waals surface area (Å²) in [4.78, 5) is 0. The van der Waals surface area contributed by atoms with Gasteiger partial charge < -0.3 is 52.5 Å². The summed E-state index contributed by atoms with van der Waals surface area (Å²) in [6.45, 7) is 1.32. The standard InChI is InChI=1S/C54H58O11/c1-56-52-49(59-34-41-24-12-4-13-25-41)47(57-32-39-20-8-2-9-21-39)46(55)45(64-52)38-63-54-51(61-36-43-28-16-6-17-29-43)48(58-33-40-22-10-3-11-23-40)50(60-35-42-26-14-5-15-27-42)53(65-54)62-37-44-30-18-7-19-31-44/h2-31,45-55H,32-38H2,1H3/t45-,46+,47+,48+,49-,50-,51-,52+,53+,54-/m1/s1. The highest BCUT2D eigenvalue weighted by atomic mass is 16.8. The lowest BCUT2D eigenvalue weighted by Crippen LogP contribution is -2.63. The fourth-order valence-electron chi connectivity index (χ4n) is 7.95. The molecule has 0 bridgehead atoms. The van der Waals surface area contributed by atoms with Crippen LogP contribution in [0.2, 0.25) is 0 Å². The van der Waals surface area contributed by atoms with Gasteiger partial charge in [-0.3, -0.25) is 0 Å². The van der Waals surface area contributed by atoms with Crippen LogP contribution in [0.25, 0.3) is 0 Å². The van der Waals surface area contributed by atoms with Gasteiger partial charge in [0.25, 0.3) is 0 Å². The predicted molar refractivity (Wildman–Crippen MR) is 243 cm³/mol. The lowest BCUT2D eigenvalue weighted by atomic mass is 9.98. The maximum Gasteiger partial charge on any atom is 0.189 e. The number of hydrogen-bond acceptors (Lipinski definition) is 11. The molecular formula is C54H58O11. The van der Waals surface area contributed by atoms with Crippen molar-refractivity contribution in [3.05, 3.63) is 215 Å². The number of methoxy groups -OCH3 is 1. The van der Waals surface area contributed by atoms with E-state index in [1.807, 2.05) is 182 Å². The van der Waals surface area contributed by atoms with Crippen LogP contribution in [0.5, 0.6) is 0 Å². The van der Waals surface area contributed by atoms with E-state index in [4.69, 9.17) is 47.4 Å². The van der Waals surface area contributed by atoms with Crippen molar-refractivity contribution < 1.29 is 52.5 Å². The number of ether oxygens (including phenoxy) is 10. The predicted octanol–water partition coefficient (Wildman–Crippen LogP) is 8.56. The molecule has 0 unspecified atom stereocenters. The van der Waals surface area contributed by atoms with Gasteiger partial charge in [-0.2, -0.15) is 0 Å². The lowest BCUT2D eigenvalue weighted by Gasteiger charge is -2.47. The fourth-order valence-corrected chi connectivity index (χ4v) is 7.95. The van der Waals surface area contributed by atoms with Crippen molar-refractivity contribution >= 4 is 0 Å². The summed E-state index contributed by atoms with van der Waals surface area (Å²) in [6.07, 6.45) is -9.10. The van der Waals surface area contributed by atoms with E-state index in [1.165, 1.54) is 0 Å². The first-order valence-electron chi connectivity index (χ1n) is 22.2. The van der Waals surface area contributed by atoms with Gasteiger partial charge in [-0.1, -0.05) is 182 Å². The summed E-state index contributed by atoms with van der Waals surface area (Å²) in [7, 11) is 1.55. The summed E-state index contributed by atoms with van der Waals surface area (Å²) in [5, 5.41) is 12.2. The van der Waals surface area contributed by atoms with Crippen LogP contribution in [0.3, 0.4) is 0 Å². The molecule has 0 spiro atoms. The van der Waals surface area contributed by atoms with Crippen LogP contribution in [0, 0.1) is 0 Å². The Labute approximate surface area is 381 Å². The smallest absolute Gasteiger partial charge is 0.189 e. The molecule has 1 N–H and O–H groups in total. The van der Waals surface area contributed by atoms with Crippen molar-refractivity contribution in [2.75, 3.05) is 13.7 Å². The molecule has 0 aliphatic carbocycles. The van der Waals surface area contributed by atoms with Crippen molar-refractivity contribution in [3.63, 3.8) is 0 Å². The van der Waals surface area contributed by atoms with Gasteiger partial charge in [0.2, 0.25) is 0 Å². The van der Waals surface area contributed by atoms with Crippen LogP contribution in [0.1, 0.15) is 33.4 Å². The molecule has 11 nitrogen and oxygen atoms in total. The maximum atomic E-state index is 12.2. The van der Waals surface area contributed by atoms with Crippen molar-refractivity contribution in [2.24, 2.45) is 0 Å². The van der Waals surface area contributed by atoms with Crippen LogP contribution >= 0.6 is 0 Å². The van der Waals surface area contributed by atoms with E-state index >= 15 is 0 Å². The van der Waals surface area contributed by atoms with Crippen LogP contribution in [0.4, 0.5) is 0 Å². The van der Waals surface area contributed by atoms with E-state index in [1.54, 1.807) is 7.11 Å².